The SMILES string of the molecule is COc1ccc(CC[C@H]2OC(=O)[C@@H]3CCCCN3C(=O)[C@@H](C3CCCCC3)NC(=O)CCNC(=O)COc3cccc2c3)cc1OC. The number of nitrogens with zero attached hydrogens (tertiary/aromatic N) is 1. The van der Waals surface area contributed by atoms with Crippen molar-refractivity contribution in [1.82, 2.24) is 15.5 Å². The van der Waals surface area contributed by atoms with Crippen molar-refractivity contribution >= 4 is 23.7 Å². The van der Waals surface area contributed by atoms with E-state index in [1.807, 2.05) is 24.3 Å². The van der Waals surface area contributed by atoms with Gasteiger partial charge in [-0.3, -0.25) is 14.4 Å². The van der Waals surface area contributed by atoms with Crippen molar-refractivity contribution in [1.29, 1.82) is 0 Å². The first kappa shape index (κ1) is 34.1. The molecule has 0 radical (unpaired) electrons. The number of nitrogens with one attached hydrogen (secondary N) is 2. The number of carbonyl (C=O) groups is 4. The predicted molar refractivity (Wildman–Crippen MR) is 174 cm³/mol. The van der Waals surface area contributed by atoms with Gasteiger partial charge in [0, 0.05) is 19.5 Å². The van der Waals surface area contributed by atoms with Crippen LogP contribution in [0.25, 0.3) is 0 Å². The number of cyclic esters (lactones) is 1. The maximum Gasteiger partial charge on any atom is 0.329 e. The van der Waals surface area contributed by atoms with E-state index in [0.29, 0.717) is 43.1 Å². The molecule has 2 heterocycles. The molecule has 2 fully saturated rings. The lowest BCUT2D eigenvalue weighted by Gasteiger charge is -2.39. The summed E-state index contributed by atoms with van der Waals surface area (Å²) in [5.41, 5.74) is 1.70. The summed E-state index contributed by atoms with van der Waals surface area (Å²) in [6, 6.07) is 11.4. The zero-order valence-electron chi connectivity index (χ0n) is 27.5. The maximum absolute atomic E-state index is 14.3. The molecule has 1 saturated carbocycles. The van der Waals surface area contributed by atoms with Crippen LogP contribution in [0.1, 0.15) is 81.4 Å². The molecule has 0 unspecified atom stereocenters. The van der Waals surface area contributed by atoms with Crippen molar-refractivity contribution in [2.24, 2.45) is 5.92 Å². The molecule has 3 atom stereocenters. The first-order valence-corrected chi connectivity index (χ1v) is 16.9. The molecule has 47 heavy (non-hydrogen) atoms. The van der Waals surface area contributed by atoms with Crippen LogP contribution in [-0.4, -0.2) is 74.6 Å². The number of hydrogen-bond donors (Lipinski definition) is 2. The number of benzene rings is 2. The van der Waals surface area contributed by atoms with Crippen LogP contribution in [-0.2, 0) is 30.3 Å². The highest BCUT2D eigenvalue weighted by molar-refractivity contribution is 5.91. The fourth-order valence-electron chi connectivity index (χ4n) is 6.88. The Balaban J connectivity index is 1.44. The molecule has 1 aliphatic carbocycles. The Bertz CT molecular complexity index is 1410. The van der Waals surface area contributed by atoms with Gasteiger partial charge in [-0.1, -0.05) is 37.5 Å². The summed E-state index contributed by atoms with van der Waals surface area (Å²) in [7, 11) is 3.17. The first-order chi connectivity index (χ1) is 22.9. The zero-order chi connectivity index (χ0) is 33.2. The molecule has 5 rings (SSSR count). The molecule has 3 aliphatic rings. The van der Waals surface area contributed by atoms with E-state index in [1.165, 1.54) is 0 Å². The molecule has 2 aromatic carbocycles. The van der Waals surface area contributed by atoms with Crippen molar-refractivity contribution in [3.05, 3.63) is 53.6 Å². The van der Waals surface area contributed by atoms with Crippen molar-refractivity contribution < 1.29 is 38.1 Å². The summed E-state index contributed by atoms with van der Waals surface area (Å²) >= 11 is 0. The highest BCUT2D eigenvalue weighted by Crippen LogP contribution is 2.33. The van der Waals surface area contributed by atoms with Crippen molar-refractivity contribution in [2.75, 3.05) is 33.9 Å². The number of ether oxygens (including phenoxy) is 4. The largest absolute Gasteiger partial charge is 0.493 e. The quantitative estimate of drug-likeness (QED) is 0.444. The van der Waals surface area contributed by atoms with Gasteiger partial charge in [0.05, 0.1) is 14.2 Å². The number of piperidine rings is 1. The molecule has 1 saturated heterocycles. The molecule has 0 aromatic heterocycles. The maximum atomic E-state index is 14.3. The number of rotatable bonds is 6. The van der Waals surface area contributed by atoms with E-state index >= 15 is 0 Å². The molecule has 3 amide bonds. The molecule has 2 aliphatic heterocycles. The predicted octanol–water partition coefficient (Wildman–Crippen LogP) is 4.27. The van der Waals surface area contributed by atoms with Crippen LogP contribution in [0.15, 0.2) is 42.5 Å². The molecule has 2 N–H and O–H groups in total. The Morgan fingerprint density at radius 2 is 1.66 bits per heavy atom. The standard InChI is InChI=1S/C36H47N3O8/c1-44-30-17-15-24(21-31(30)45-2)14-16-29-26-11-8-12-27(22-26)46-23-33(41)37-19-18-32(40)38-34(25-9-4-3-5-10-25)35(42)39-20-7-6-13-28(39)36(43)47-29/h8,11-12,15,17,21-22,25,28-29,34H,3-7,9-10,13-14,16,18-20,23H2,1-2H3,(H,37,41)(H,38,40)/t28-,29+,34+/m0/s1. The second kappa shape index (κ2) is 16.5. The Hall–Kier alpha value is -4.28. The minimum atomic E-state index is -0.750. The molecular formula is C36H47N3O8. The second-order valence-corrected chi connectivity index (χ2v) is 12.6. The summed E-state index contributed by atoms with van der Waals surface area (Å²) in [6.45, 7) is 0.311. The van der Waals surface area contributed by atoms with Gasteiger partial charge >= 0.3 is 5.97 Å². The summed E-state index contributed by atoms with van der Waals surface area (Å²) in [6.07, 6.45) is 7.21. The summed E-state index contributed by atoms with van der Waals surface area (Å²) in [5.74, 6) is 0.309. The number of carbonyl (C=O) groups excluding carboxylic acids is 4. The lowest BCUT2D eigenvalue weighted by atomic mass is 9.82. The van der Waals surface area contributed by atoms with Crippen LogP contribution in [0, 0.1) is 5.92 Å². The number of hydrogen-bond acceptors (Lipinski definition) is 8. The number of aryl methyl sites for hydroxylation is 1. The van der Waals surface area contributed by atoms with E-state index in [0.717, 1.165) is 56.1 Å². The van der Waals surface area contributed by atoms with Gasteiger partial charge in [0.15, 0.2) is 18.1 Å². The highest BCUT2D eigenvalue weighted by atomic mass is 16.5. The number of fused-ring (bicyclic) bond motifs is 3. The van der Waals surface area contributed by atoms with E-state index in [2.05, 4.69) is 10.6 Å². The van der Waals surface area contributed by atoms with Crippen molar-refractivity contribution in [2.45, 2.75) is 88.8 Å². The zero-order valence-corrected chi connectivity index (χ0v) is 27.5. The van der Waals surface area contributed by atoms with Gasteiger partial charge in [-0.25, -0.2) is 4.79 Å². The highest BCUT2D eigenvalue weighted by Gasteiger charge is 2.40. The van der Waals surface area contributed by atoms with Crippen molar-refractivity contribution in [3.63, 3.8) is 0 Å². The normalized spacial score (nSPS) is 23.6. The van der Waals surface area contributed by atoms with Crippen LogP contribution >= 0.6 is 0 Å². The molecule has 2 bridgehead atoms. The molecule has 11 nitrogen and oxygen atoms in total. The van der Waals surface area contributed by atoms with Crippen molar-refractivity contribution in [3.8, 4) is 17.2 Å². The van der Waals surface area contributed by atoms with E-state index in [-0.39, 0.29) is 43.2 Å². The number of esters is 1. The van der Waals surface area contributed by atoms with Gasteiger partial charge in [0.25, 0.3) is 5.91 Å². The van der Waals surface area contributed by atoms with Gasteiger partial charge in [0.2, 0.25) is 11.8 Å². The second-order valence-electron chi connectivity index (χ2n) is 12.6. The fourth-order valence-corrected chi connectivity index (χ4v) is 6.88. The smallest absolute Gasteiger partial charge is 0.329 e. The number of amides is 3. The van der Waals surface area contributed by atoms with E-state index in [9.17, 15) is 19.2 Å². The first-order valence-electron chi connectivity index (χ1n) is 16.9. The van der Waals surface area contributed by atoms with Gasteiger partial charge in [-0.15, -0.1) is 0 Å². The van der Waals surface area contributed by atoms with Gasteiger partial charge in [0.1, 0.15) is 23.9 Å². The Kier molecular flexibility index (Phi) is 12.0. The topological polar surface area (TPSA) is 132 Å². The third-order valence-electron chi connectivity index (χ3n) is 9.44. The third kappa shape index (κ3) is 8.96. The summed E-state index contributed by atoms with van der Waals surface area (Å²) in [4.78, 5) is 55.6. The molecule has 2 aromatic rings. The fraction of sp³-hybridized carbons (Fsp3) is 0.556. The van der Waals surface area contributed by atoms with Crippen LogP contribution in [0.5, 0.6) is 17.2 Å². The van der Waals surface area contributed by atoms with Crippen LogP contribution in [0.2, 0.25) is 0 Å². The summed E-state index contributed by atoms with van der Waals surface area (Å²) in [5, 5.41) is 5.73. The van der Waals surface area contributed by atoms with E-state index in [4.69, 9.17) is 18.9 Å². The average molecular weight is 650 g/mol. The average Bonchev–Trinajstić information content (AvgIpc) is 3.11. The van der Waals surface area contributed by atoms with Crippen LogP contribution < -0.4 is 24.8 Å². The van der Waals surface area contributed by atoms with E-state index in [1.54, 1.807) is 37.3 Å². The van der Waals surface area contributed by atoms with Crippen LogP contribution in [0.4, 0.5) is 0 Å². The lowest BCUT2D eigenvalue weighted by Crippen LogP contribution is -2.58. The van der Waals surface area contributed by atoms with Gasteiger partial charge in [-0.2, -0.15) is 0 Å². The minimum Gasteiger partial charge on any atom is -0.493 e. The third-order valence-corrected chi connectivity index (χ3v) is 9.44. The molecule has 254 valence electrons. The van der Waals surface area contributed by atoms with Gasteiger partial charge in [-0.05, 0) is 86.3 Å². The van der Waals surface area contributed by atoms with Gasteiger partial charge < -0.3 is 34.5 Å². The minimum absolute atomic E-state index is 0.00985. The Labute approximate surface area is 276 Å². The number of methoxy groups -OCH3 is 2. The van der Waals surface area contributed by atoms with E-state index < -0.39 is 24.2 Å². The monoisotopic (exact) mass is 649 g/mol. The van der Waals surface area contributed by atoms with Crippen LogP contribution in [0.3, 0.4) is 0 Å². The molecule has 11 heteroatoms. The Morgan fingerprint density at radius 3 is 2.45 bits per heavy atom. The Morgan fingerprint density at radius 1 is 0.872 bits per heavy atom. The summed E-state index contributed by atoms with van der Waals surface area (Å²) < 4.78 is 22.9. The lowest BCUT2D eigenvalue weighted by molar-refractivity contribution is -0.163. The molecular weight excluding hydrogens is 602 g/mol. The molecule has 0 spiro atoms.